The molecular formula is C16H30N2S. The maximum atomic E-state index is 4.77. The summed E-state index contributed by atoms with van der Waals surface area (Å²) in [6, 6.07) is 0.686. The van der Waals surface area contributed by atoms with E-state index in [4.69, 9.17) is 4.99 Å². The molecule has 3 atom stereocenters. The molecule has 0 aromatic rings. The highest BCUT2D eigenvalue weighted by atomic mass is 32.2. The Morgan fingerprint density at radius 2 is 1.95 bits per heavy atom. The Morgan fingerprint density at radius 1 is 1.21 bits per heavy atom. The summed E-state index contributed by atoms with van der Waals surface area (Å²) in [6.07, 6.45) is 9.45. The van der Waals surface area contributed by atoms with Crippen LogP contribution in [0.2, 0.25) is 0 Å². The van der Waals surface area contributed by atoms with Crippen molar-refractivity contribution in [1.82, 2.24) is 5.32 Å². The quantitative estimate of drug-likeness (QED) is 0.805. The van der Waals surface area contributed by atoms with Crippen molar-refractivity contribution < 1.29 is 0 Å². The summed E-state index contributed by atoms with van der Waals surface area (Å²) in [4.78, 5) is 4.77. The van der Waals surface area contributed by atoms with Crippen LogP contribution < -0.4 is 5.32 Å². The van der Waals surface area contributed by atoms with E-state index in [0.29, 0.717) is 6.04 Å². The van der Waals surface area contributed by atoms with Gasteiger partial charge in [-0.05, 0) is 24.7 Å². The number of nitrogens with one attached hydrogen (secondary N) is 1. The molecule has 110 valence electrons. The van der Waals surface area contributed by atoms with E-state index in [9.17, 15) is 0 Å². The Labute approximate surface area is 123 Å². The molecule has 1 N–H and O–H groups in total. The van der Waals surface area contributed by atoms with Crippen LogP contribution in [0, 0.1) is 11.8 Å². The van der Waals surface area contributed by atoms with Gasteiger partial charge in [-0.15, -0.1) is 0 Å². The second kappa shape index (κ2) is 7.56. The van der Waals surface area contributed by atoms with E-state index >= 15 is 0 Å². The second-order valence-electron chi connectivity index (χ2n) is 6.08. The minimum atomic E-state index is 0.686. The van der Waals surface area contributed by atoms with Crippen molar-refractivity contribution in [3.63, 3.8) is 0 Å². The Balaban J connectivity index is 1.83. The van der Waals surface area contributed by atoms with Gasteiger partial charge < -0.3 is 5.32 Å². The third kappa shape index (κ3) is 3.90. The molecule has 0 aromatic carbocycles. The maximum Gasteiger partial charge on any atom is 0.157 e. The Kier molecular flexibility index (Phi) is 6.06. The number of aliphatic imine (C=N–C) groups is 1. The smallest absolute Gasteiger partial charge is 0.157 e. The number of thioether (sulfide) groups is 1. The first-order valence-corrected chi connectivity index (χ1v) is 9.14. The molecule has 2 rings (SSSR count). The maximum absolute atomic E-state index is 4.77. The van der Waals surface area contributed by atoms with Crippen molar-refractivity contribution in [2.45, 2.75) is 77.0 Å². The molecule has 1 fully saturated rings. The second-order valence-corrected chi connectivity index (χ2v) is 7.31. The highest BCUT2D eigenvalue weighted by Crippen LogP contribution is 2.32. The largest absolute Gasteiger partial charge is 0.362 e. The zero-order valence-electron chi connectivity index (χ0n) is 12.8. The Bertz CT molecular complexity index is 299. The molecule has 3 unspecified atom stereocenters. The van der Waals surface area contributed by atoms with Crippen LogP contribution in [0.1, 0.15) is 65.7 Å². The van der Waals surface area contributed by atoms with Crippen molar-refractivity contribution in [2.75, 3.05) is 6.54 Å². The minimum Gasteiger partial charge on any atom is -0.362 e. The minimum absolute atomic E-state index is 0.686. The molecule has 1 aliphatic carbocycles. The molecule has 2 nitrogen and oxygen atoms in total. The fourth-order valence-electron chi connectivity index (χ4n) is 3.58. The van der Waals surface area contributed by atoms with Gasteiger partial charge >= 0.3 is 0 Å². The summed E-state index contributed by atoms with van der Waals surface area (Å²) in [5.41, 5.74) is 0. The molecule has 2 aliphatic rings. The molecule has 1 heterocycles. The summed E-state index contributed by atoms with van der Waals surface area (Å²) < 4.78 is 0. The van der Waals surface area contributed by atoms with Gasteiger partial charge in [-0.2, -0.15) is 0 Å². The third-order valence-corrected chi connectivity index (χ3v) is 6.30. The van der Waals surface area contributed by atoms with E-state index in [1.54, 1.807) is 0 Å². The van der Waals surface area contributed by atoms with Gasteiger partial charge in [0.25, 0.3) is 0 Å². The first-order chi connectivity index (χ1) is 9.28. The fourth-order valence-corrected chi connectivity index (χ4v) is 4.96. The van der Waals surface area contributed by atoms with Crippen LogP contribution in [0.4, 0.5) is 0 Å². The van der Waals surface area contributed by atoms with Crippen molar-refractivity contribution in [2.24, 2.45) is 16.8 Å². The standard InChI is InChI=1S/C16H30N2S/c1-4-12(5-2)15-11-17-16(19-15)18-14-10-8-7-9-13(14)6-3/h12-15H,4-11H2,1-3H3,(H,17,18). The molecular weight excluding hydrogens is 252 g/mol. The highest BCUT2D eigenvalue weighted by molar-refractivity contribution is 8.14. The summed E-state index contributed by atoms with van der Waals surface area (Å²) in [6.45, 7) is 7.99. The summed E-state index contributed by atoms with van der Waals surface area (Å²) in [7, 11) is 0. The van der Waals surface area contributed by atoms with E-state index < -0.39 is 0 Å². The van der Waals surface area contributed by atoms with Gasteiger partial charge in [-0.25, -0.2) is 0 Å². The molecule has 0 radical (unpaired) electrons. The van der Waals surface area contributed by atoms with Gasteiger partial charge in [0.05, 0.1) is 6.54 Å². The molecule has 0 saturated heterocycles. The van der Waals surface area contributed by atoms with E-state index in [1.165, 1.54) is 50.1 Å². The summed E-state index contributed by atoms with van der Waals surface area (Å²) >= 11 is 2.01. The van der Waals surface area contributed by atoms with Crippen LogP contribution in [0.15, 0.2) is 4.99 Å². The first kappa shape index (κ1) is 15.2. The fraction of sp³-hybridized carbons (Fsp3) is 0.938. The van der Waals surface area contributed by atoms with Gasteiger partial charge in [-0.1, -0.05) is 64.6 Å². The summed E-state index contributed by atoms with van der Waals surface area (Å²) in [5, 5.41) is 5.73. The van der Waals surface area contributed by atoms with Gasteiger partial charge in [-0.3, -0.25) is 4.99 Å². The Morgan fingerprint density at radius 3 is 2.63 bits per heavy atom. The lowest BCUT2D eigenvalue weighted by Gasteiger charge is -2.32. The SMILES string of the molecule is CCC1CCCCC1NC1=NCC(C(CC)CC)S1. The zero-order valence-corrected chi connectivity index (χ0v) is 13.6. The van der Waals surface area contributed by atoms with Crippen LogP contribution >= 0.6 is 11.8 Å². The van der Waals surface area contributed by atoms with Crippen molar-refractivity contribution in [3.05, 3.63) is 0 Å². The monoisotopic (exact) mass is 282 g/mol. The number of hydrogen-bond donors (Lipinski definition) is 1. The average Bonchev–Trinajstić information content (AvgIpc) is 2.89. The molecule has 0 amide bonds. The van der Waals surface area contributed by atoms with E-state index in [2.05, 4.69) is 26.1 Å². The van der Waals surface area contributed by atoms with Crippen LogP contribution in [0.25, 0.3) is 0 Å². The van der Waals surface area contributed by atoms with E-state index in [1.807, 2.05) is 11.8 Å². The molecule has 0 bridgehead atoms. The van der Waals surface area contributed by atoms with Gasteiger partial charge in [0.1, 0.15) is 0 Å². The molecule has 19 heavy (non-hydrogen) atoms. The normalized spacial score (nSPS) is 31.6. The van der Waals surface area contributed by atoms with Gasteiger partial charge in [0.15, 0.2) is 5.17 Å². The third-order valence-electron chi connectivity index (χ3n) is 4.99. The Hall–Kier alpha value is -0.180. The molecule has 1 saturated carbocycles. The van der Waals surface area contributed by atoms with Crippen molar-refractivity contribution in [1.29, 1.82) is 0 Å². The van der Waals surface area contributed by atoms with Crippen LogP contribution in [0.3, 0.4) is 0 Å². The lowest BCUT2D eigenvalue weighted by molar-refractivity contribution is 0.281. The molecule has 0 spiro atoms. The van der Waals surface area contributed by atoms with Gasteiger partial charge in [0, 0.05) is 11.3 Å². The number of hydrogen-bond acceptors (Lipinski definition) is 3. The zero-order chi connectivity index (χ0) is 13.7. The number of amidine groups is 1. The first-order valence-electron chi connectivity index (χ1n) is 8.26. The van der Waals surface area contributed by atoms with Crippen LogP contribution in [-0.4, -0.2) is 23.0 Å². The number of nitrogens with zero attached hydrogens (tertiary/aromatic N) is 1. The molecule has 3 heteroatoms. The lowest BCUT2D eigenvalue weighted by atomic mass is 9.83. The van der Waals surface area contributed by atoms with Crippen molar-refractivity contribution >= 4 is 16.9 Å². The predicted octanol–water partition coefficient (Wildman–Crippen LogP) is 4.45. The highest BCUT2D eigenvalue weighted by Gasteiger charge is 2.29. The van der Waals surface area contributed by atoms with Crippen molar-refractivity contribution in [3.8, 4) is 0 Å². The average molecular weight is 282 g/mol. The van der Waals surface area contributed by atoms with E-state index in [-0.39, 0.29) is 0 Å². The van der Waals surface area contributed by atoms with Crippen LogP contribution in [0.5, 0.6) is 0 Å². The topological polar surface area (TPSA) is 24.4 Å². The lowest BCUT2D eigenvalue weighted by Crippen LogP contribution is -2.40. The number of rotatable bonds is 5. The van der Waals surface area contributed by atoms with Crippen LogP contribution in [-0.2, 0) is 0 Å². The van der Waals surface area contributed by atoms with E-state index in [0.717, 1.165) is 23.6 Å². The predicted molar refractivity (Wildman–Crippen MR) is 86.9 cm³/mol. The van der Waals surface area contributed by atoms with Gasteiger partial charge in [0.2, 0.25) is 0 Å². The summed E-state index contributed by atoms with van der Waals surface area (Å²) in [5.74, 6) is 1.70. The molecule has 1 aliphatic heterocycles. The molecule has 0 aromatic heterocycles.